The van der Waals surface area contributed by atoms with Gasteiger partial charge in [0.25, 0.3) is 6.10 Å². The van der Waals surface area contributed by atoms with Crippen LogP contribution in [0.3, 0.4) is 0 Å². The summed E-state index contributed by atoms with van der Waals surface area (Å²) >= 11 is 0. The number of carbonyl (C=O) groups is 2. The third-order valence-electron chi connectivity index (χ3n) is 2.31. The zero-order valence-corrected chi connectivity index (χ0v) is 10.9. The van der Waals surface area contributed by atoms with Crippen molar-refractivity contribution in [1.29, 1.82) is 0 Å². The number of rotatable bonds is 5. The molecular weight excluding hydrogens is 277 g/mol. The van der Waals surface area contributed by atoms with Gasteiger partial charge < -0.3 is 9.47 Å². The molecule has 110 valence electrons. The number of ether oxygens (including phenoxy) is 2. The summed E-state index contributed by atoms with van der Waals surface area (Å²) in [5, 5.41) is 0. The van der Waals surface area contributed by atoms with Crippen LogP contribution in [0.15, 0.2) is 24.3 Å². The fraction of sp³-hybridized carbons (Fsp3) is 0.385. The Bertz CT molecular complexity index is 479. The van der Waals surface area contributed by atoms with Gasteiger partial charge in [-0.3, -0.25) is 4.79 Å². The van der Waals surface area contributed by atoms with E-state index in [1.807, 2.05) is 0 Å². The number of Topliss-reactive ketones (excluding diaryl/α,β-unsaturated/α-hetero) is 1. The third kappa shape index (κ3) is 4.25. The fourth-order valence-electron chi connectivity index (χ4n) is 1.37. The number of ketones is 1. The number of carbonyl (C=O) groups excluding carboxylic acids is 2. The lowest BCUT2D eigenvalue weighted by Crippen LogP contribution is -2.35. The fourth-order valence-corrected chi connectivity index (χ4v) is 1.37. The molecule has 1 aromatic carbocycles. The van der Waals surface area contributed by atoms with Crippen LogP contribution in [0.5, 0.6) is 5.75 Å². The van der Waals surface area contributed by atoms with E-state index in [9.17, 15) is 22.8 Å². The number of esters is 1. The van der Waals surface area contributed by atoms with Crippen molar-refractivity contribution in [3.05, 3.63) is 29.8 Å². The number of hydrogen-bond acceptors (Lipinski definition) is 4. The van der Waals surface area contributed by atoms with Gasteiger partial charge in [0.15, 0.2) is 5.78 Å². The highest BCUT2D eigenvalue weighted by molar-refractivity contribution is 6.01. The van der Waals surface area contributed by atoms with Crippen LogP contribution in [-0.4, -0.2) is 24.5 Å². The van der Waals surface area contributed by atoms with E-state index in [2.05, 4.69) is 4.74 Å². The predicted molar refractivity (Wildman–Crippen MR) is 63.2 cm³/mol. The van der Waals surface area contributed by atoms with E-state index in [4.69, 9.17) is 4.74 Å². The van der Waals surface area contributed by atoms with E-state index < -0.39 is 29.6 Å². The SMILES string of the molecule is CCOC(=O)C(Oc1ccc(C(F)(F)F)cc1)C(C)=O. The van der Waals surface area contributed by atoms with E-state index in [0.717, 1.165) is 31.2 Å². The molecule has 0 bridgehead atoms. The lowest BCUT2D eigenvalue weighted by Gasteiger charge is -2.15. The first-order valence-corrected chi connectivity index (χ1v) is 5.76. The van der Waals surface area contributed by atoms with Crippen molar-refractivity contribution < 1.29 is 32.2 Å². The molecule has 0 aliphatic carbocycles. The molecule has 1 aromatic rings. The van der Waals surface area contributed by atoms with Crippen LogP contribution in [0.1, 0.15) is 19.4 Å². The maximum atomic E-state index is 12.4. The van der Waals surface area contributed by atoms with E-state index in [1.165, 1.54) is 0 Å². The van der Waals surface area contributed by atoms with Gasteiger partial charge in [0, 0.05) is 0 Å². The average molecular weight is 290 g/mol. The zero-order chi connectivity index (χ0) is 15.3. The van der Waals surface area contributed by atoms with Crippen LogP contribution in [0, 0.1) is 0 Å². The quantitative estimate of drug-likeness (QED) is 0.618. The van der Waals surface area contributed by atoms with Crippen molar-refractivity contribution in [2.24, 2.45) is 0 Å². The molecule has 0 spiro atoms. The van der Waals surface area contributed by atoms with Crippen LogP contribution in [0.2, 0.25) is 0 Å². The Morgan fingerprint density at radius 1 is 1.20 bits per heavy atom. The highest BCUT2D eigenvalue weighted by Crippen LogP contribution is 2.30. The van der Waals surface area contributed by atoms with E-state index in [0.29, 0.717) is 0 Å². The van der Waals surface area contributed by atoms with Crippen LogP contribution in [0.4, 0.5) is 13.2 Å². The van der Waals surface area contributed by atoms with Gasteiger partial charge in [0.2, 0.25) is 0 Å². The minimum atomic E-state index is -4.46. The van der Waals surface area contributed by atoms with Gasteiger partial charge in [0.1, 0.15) is 5.75 Å². The number of halogens is 3. The molecule has 7 heteroatoms. The summed E-state index contributed by atoms with van der Waals surface area (Å²) in [7, 11) is 0. The summed E-state index contributed by atoms with van der Waals surface area (Å²) in [5.74, 6) is -1.49. The molecule has 0 aromatic heterocycles. The summed E-state index contributed by atoms with van der Waals surface area (Å²) in [6, 6.07) is 3.69. The molecule has 0 radical (unpaired) electrons. The van der Waals surface area contributed by atoms with Crippen LogP contribution in [0.25, 0.3) is 0 Å². The van der Waals surface area contributed by atoms with E-state index >= 15 is 0 Å². The lowest BCUT2D eigenvalue weighted by atomic mass is 10.2. The standard InChI is InChI=1S/C13H13F3O4/c1-3-19-12(18)11(8(2)17)20-10-6-4-9(5-7-10)13(14,15)16/h4-7,11H,3H2,1-2H3. The van der Waals surface area contributed by atoms with Gasteiger partial charge >= 0.3 is 12.1 Å². The molecule has 0 fully saturated rings. The molecule has 4 nitrogen and oxygen atoms in total. The van der Waals surface area contributed by atoms with Crippen molar-refractivity contribution in [3.8, 4) is 5.75 Å². The number of hydrogen-bond donors (Lipinski definition) is 0. The maximum Gasteiger partial charge on any atom is 0.416 e. The second-order valence-corrected chi connectivity index (χ2v) is 3.88. The lowest BCUT2D eigenvalue weighted by molar-refractivity contribution is -0.155. The van der Waals surface area contributed by atoms with Crippen LogP contribution in [-0.2, 0) is 20.5 Å². The minimum Gasteiger partial charge on any atom is -0.471 e. The molecule has 0 saturated carbocycles. The summed E-state index contributed by atoms with van der Waals surface area (Å²) in [5.41, 5.74) is -0.847. The Hall–Kier alpha value is -2.05. The highest BCUT2D eigenvalue weighted by atomic mass is 19.4. The first-order valence-electron chi connectivity index (χ1n) is 5.76. The molecule has 0 heterocycles. The van der Waals surface area contributed by atoms with Gasteiger partial charge in [-0.05, 0) is 38.1 Å². The molecule has 0 amide bonds. The van der Waals surface area contributed by atoms with Crippen LogP contribution < -0.4 is 4.74 Å². The zero-order valence-electron chi connectivity index (χ0n) is 10.9. The second kappa shape index (κ2) is 6.40. The van der Waals surface area contributed by atoms with E-state index in [1.54, 1.807) is 6.92 Å². The molecule has 0 aliphatic heterocycles. The Morgan fingerprint density at radius 2 is 1.75 bits per heavy atom. The Kier molecular flexibility index (Phi) is 5.12. The largest absolute Gasteiger partial charge is 0.471 e. The average Bonchev–Trinajstić information content (AvgIpc) is 2.35. The molecule has 0 saturated heterocycles. The van der Waals surface area contributed by atoms with Gasteiger partial charge in [-0.2, -0.15) is 13.2 Å². The van der Waals surface area contributed by atoms with Gasteiger partial charge in [-0.15, -0.1) is 0 Å². The van der Waals surface area contributed by atoms with Crippen molar-refractivity contribution >= 4 is 11.8 Å². The smallest absolute Gasteiger partial charge is 0.416 e. The second-order valence-electron chi connectivity index (χ2n) is 3.88. The topological polar surface area (TPSA) is 52.6 Å². The summed E-state index contributed by atoms with van der Waals surface area (Å²) in [4.78, 5) is 22.8. The highest BCUT2D eigenvalue weighted by Gasteiger charge is 2.31. The summed E-state index contributed by atoms with van der Waals surface area (Å²) in [6.45, 7) is 2.76. The molecule has 0 aliphatic rings. The summed E-state index contributed by atoms with van der Waals surface area (Å²) in [6.07, 6.45) is -5.94. The van der Waals surface area contributed by atoms with Gasteiger partial charge in [-0.25, -0.2) is 4.79 Å². The molecule has 1 unspecified atom stereocenters. The van der Waals surface area contributed by atoms with Crippen molar-refractivity contribution in [1.82, 2.24) is 0 Å². The van der Waals surface area contributed by atoms with Crippen LogP contribution >= 0.6 is 0 Å². The minimum absolute atomic E-state index is 0.0220. The first kappa shape index (κ1) is 16.0. The van der Waals surface area contributed by atoms with E-state index in [-0.39, 0.29) is 12.4 Å². The Balaban J connectivity index is 2.85. The third-order valence-corrected chi connectivity index (χ3v) is 2.31. The molecule has 20 heavy (non-hydrogen) atoms. The Morgan fingerprint density at radius 3 is 2.15 bits per heavy atom. The van der Waals surface area contributed by atoms with Gasteiger partial charge in [-0.1, -0.05) is 0 Å². The molecule has 1 atom stereocenters. The predicted octanol–water partition coefficient (Wildman–Crippen LogP) is 2.60. The van der Waals surface area contributed by atoms with Crippen molar-refractivity contribution in [2.45, 2.75) is 26.1 Å². The maximum absolute atomic E-state index is 12.4. The number of alkyl halides is 3. The molecular formula is C13H13F3O4. The number of benzene rings is 1. The molecule has 0 N–H and O–H groups in total. The Labute approximate surface area is 113 Å². The van der Waals surface area contributed by atoms with Crippen molar-refractivity contribution in [3.63, 3.8) is 0 Å². The monoisotopic (exact) mass is 290 g/mol. The van der Waals surface area contributed by atoms with Gasteiger partial charge in [0.05, 0.1) is 12.2 Å². The normalized spacial score (nSPS) is 12.7. The molecule has 1 rings (SSSR count). The summed E-state index contributed by atoms with van der Waals surface area (Å²) < 4.78 is 46.8. The first-order chi connectivity index (χ1) is 9.25. The van der Waals surface area contributed by atoms with Crippen molar-refractivity contribution in [2.75, 3.05) is 6.61 Å².